The topological polar surface area (TPSA) is 73.6 Å². The van der Waals surface area contributed by atoms with Crippen LogP contribution in [0.15, 0.2) is 83.8 Å². The first-order valence-corrected chi connectivity index (χ1v) is 13.3. The van der Waals surface area contributed by atoms with Crippen molar-refractivity contribution in [3.8, 4) is 11.8 Å². The van der Waals surface area contributed by atoms with Gasteiger partial charge in [0.15, 0.2) is 0 Å². The molecule has 0 N–H and O–H groups in total. The molecule has 35 heavy (non-hydrogen) atoms. The van der Waals surface area contributed by atoms with Gasteiger partial charge in [0, 0.05) is 38.3 Å². The zero-order valence-corrected chi connectivity index (χ0v) is 20.8. The number of hydrogen-bond donors (Lipinski definition) is 0. The van der Waals surface area contributed by atoms with Gasteiger partial charge in [-0.25, -0.2) is 8.42 Å². The van der Waals surface area contributed by atoms with Gasteiger partial charge in [-0.1, -0.05) is 48.5 Å². The van der Waals surface area contributed by atoms with Crippen molar-refractivity contribution in [2.45, 2.75) is 36.7 Å². The number of sulfonamides is 1. The molecular formula is C28H31N3O3S. The van der Waals surface area contributed by atoms with Crippen molar-refractivity contribution in [3.63, 3.8) is 0 Å². The van der Waals surface area contributed by atoms with Crippen molar-refractivity contribution in [2.24, 2.45) is 0 Å². The Bertz CT molecular complexity index is 1260. The number of benzene rings is 3. The van der Waals surface area contributed by atoms with Crippen molar-refractivity contribution in [2.75, 3.05) is 26.7 Å². The molecule has 1 heterocycles. The van der Waals surface area contributed by atoms with Gasteiger partial charge in [-0.3, -0.25) is 4.90 Å². The van der Waals surface area contributed by atoms with Gasteiger partial charge in [-0.15, -0.1) is 0 Å². The summed E-state index contributed by atoms with van der Waals surface area (Å²) < 4.78 is 34.6. The minimum atomic E-state index is -3.69. The van der Waals surface area contributed by atoms with Gasteiger partial charge in [0.05, 0.1) is 23.6 Å². The van der Waals surface area contributed by atoms with Crippen LogP contribution >= 0.6 is 0 Å². The van der Waals surface area contributed by atoms with E-state index in [4.69, 9.17) is 10.00 Å². The molecule has 6 nitrogen and oxygen atoms in total. The Morgan fingerprint density at radius 1 is 0.971 bits per heavy atom. The van der Waals surface area contributed by atoms with Crippen molar-refractivity contribution in [1.82, 2.24) is 9.21 Å². The minimum Gasteiger partial charge on any atom is -0.497 e. The van der Waals surface area contributed by atoms with E-state index in [1.807, 2.05) is 54.6 Å². The molecule has 3 aromatic rings. The molecule has 1 saturated heterocycles. The second-order valence-corrected chi connectivity index (χ2v) is 10.7. The first-order chi connectivity index (χ1) is 17.0. The molecule has 0 atom stereocenters. The Morgan fingerprint density at radius 2 is 1.69 bits per heavy atom. The zero-order valence-electron chi connectivity index (χ0n) is 20.0. The molecule has 0 saturated carbocycles. The second kappa shape index (κ2) is 11.5. The number of rotatable bonds is 9. The molecule has 0 aromatic heterocycles. The summed E-state index contributed by atoms with van der Waals surface area (Å²) in [6.45, 7) is 2.79. The SMILES string of the molecule is COc1cccc(S(=O)(=O)N(CCc2ccccc2)C2CCN(Cc3cccc(C#N)c3)CC2)c1. The van der Waals surface area contributed by atoms with Crippen LogP contribution in [0.5, 0.6) is 5.75 Å². The number of hydrogen-bond acceptors (Lipinski definition) is 5. The molecule has 182 valence electrons. The number of nitrogens with zero attached hydrogens (tertiary/aromatic N) is 3. The summed E-state index contributed by atoms with van der Waals surface area (Å²) >= 11 is 0. The van der Waals surface area contributed by atoms with Crippen molar-refractivity contribution in [1.29, 1.82) is 5.26 Å². The fourth-order valence-electron chi connectivity index (χ4n) is 4.64. The van der Waals surface area contributed by atoms with Crippen LogP contribution in [0.2, 0.25) is 0 Å². The molecular weight excluding hydrogens is 458 g/mol. The van der Waals surface area contributed by atoms with Crippen LogP contribution < -0.4 is 4.74 Å². The summed E-state index contributed by atoms with van der Waals surface area (Å²) in [5.74, 6) is 0.531. The highest BCUT2D eigenvalue weighted by Gasteiger charge is 2.33. The van der Waals surface area contributed by atoms with Gasteiger partial charge in [-0.05, 0) is 54.7 Å². The lowest BCUT2D eigenvalue weighted by Gasteiger charge is -2.38. The van der Waals surface area contributed by atoms with Crippen LogP contribution in [0.3, 0.4) is 0 Å². The zero-order chi connectivity index (χ0) is 24.7. The largest absolute Gasteiger partial charge is 0.497 e. The third-order valence-electron chi connectivity index (χ3n) is 6.54. The number of nitriles is 1. The fraction of sp³-hybridized carbons (Fsp3) is 0.321. The van der Waals surface area contributed by atoms with E-state index in [-0.39, 0.29) is 10.9 Å². The Hall–Kier alpha value is -3.18. The van der Waals surface area contributed by atoms with E-state index >= 15 is 0 Å². The summed E-state index contributed by atoms with van der Waals surface area (Å²) in [5.41, 5.74) is 2.88. The van der Waals surface area contributed by atoms with Gasteiger partial charge >= 0.3 is 0 Å². The molecule has 1 aliphatic rings. The molecule has 0 bridgehead atoms. The van der Waals surface area contributed by atoms with Crippen LogP contribution in [0.25, 0.3) is 0 Å². The van der Waals surface area contributed by atoms with E-state index in [0.29, 0.717) is 24.3 Å². The predicted molar refractivity (Wildman–Crippen MR) is 136 cm³/mol. The maximum atomic E-state index is 13.8. The quantitative estimate of drug-likeness (QED) is 0.444. The Labute approximate surface area is 208 Å². The maximum Gasteiger partial charge on any atom is 0.243 e. The summed E-state index contributed by atoms with van der Waals surface area (Å²) in [6, 6.07) is 26.5. The van der Waals surface area contributed by atoms with E-state index < -0.39 is 10.0 Å². The van der Waals surface area contributed by atoms with Gasteiger partial charge in [0.25, 0.3) is 0 Å². The van der Waals surface area contributed by atoms with Crippen LogP contribution in [0.1, 0.15) is 29.5 Å². The van der Waals surface area contributed by atoms with Crippen LogP contribution in [0, 0.1) is 11.3 Å². The molecule has 0 unspecified atom stereocenters. The number of ether oxygens (including phenoxy) is 1. The summed E-state index contributed by atoms with van der Waals surface area (Å²) in [5, 5.41) is 9.17. The fourth-order valence-corrected chi connectivity index (χ4v) is 6.36. The molecule has 0 aliphatic carbocycles. The van der Waals surface area contributed by atoms with Crippen LogP contribution in [0.4, 0.5) is 0 Å². The van der Waals surface area contributed by atoms with E-state index in [1.165, 1.54) is 0 Å². The minimum absolute atomic E-state index is 0.0726. The molecule has 7 heteroatoms. The highest BCUT2D eigenvalue weighted by atomic mass is 32.2. The Balaban J connectivity index is 1.50. The molecule has 0 spiro atoms. The first-order valence-electron chi connectivity index (χ1n) is 11.9. The second-order valence-electron chi connectivity index (χ2n) is 8.85. The Kier molecular flexibility index (Phi) is 8.19. The van der Waals surface area contributed by atoms with Gasteiger partial charge < -0.3 is 4.74 Å². The average molecular weight is 490 g/mol. The third kappa shape index (κ3) is 6.29. The van der Waals surface area contributed by atoms with E-state index in [0.717, 1.165) is 43.6 Å². The van der Waals surface area contributed by atoms with E-state index in [1.54, 1.807) is 35.7 Å². The van der Waals surface area contributed by atoms with Crippen molar-refractivity contribution < 1.29 is 13.2 Å². The van der Waals surface area contributed by atoms with E-state index in [2.05, 4.69) is 11.0 Å². The van der Waals surface area contributed by atoms with Gasteiger partial charge in [0.2, 0.25) is 10.0 Å². The maximum absolute atomic E-state index is 13.8. The molecule has 3 aromatic carbocycles. The first kappa shape index (κ1) is 24.9. The van der Waals surface area contributed by atoms with Gasteiger partial charge in [0.1, 0.15) is 5.75 Å². The highest BCUT2D eigenvalue weighted by molar-refractivity contribution is 7.89. The normalized spacial score (nSPS) is 15.1. The Morgan fingerprint density at radius 3 is 2.40 bits per heavy atom. The van der Waals surface area contributed by atoms with Crippen molar-refractivity contribution >= 4 is 10.0 Å². The molecule has 1 fully saturated rings. The summed E-state index contributed by atoms with van der Waals surface area (Å²) in [4.78, 5) is 2.60. The summed E-state index contributed by atoms with van der Waals surface area (Å²) in [7, 11) is -2.15. The number of piperidine rings is 1. The predicted octanol–water partition coefficient (Wildman–Crippen LogP) is 4.46. The third-order valence-corrected chi connectivity index (χ3v) is 8.49. The lowest BCUT2D eigenvalue weighted by Crippen LogP contribution is -2.47. The highest BCUT2D eigenvalue weighted by Crippen LogP contribution is 2.27. The number of likely N-dealkylation sites (tertiary alicyclic amines) is 1. The smallest absolute Gasteiger partial charge is 0.243 e. The van der Waals surface area contributed by atoms with Gasteiger partial charge in [-0.2, -0.15) is 9.57 Å². The lowest BCUT2D eigenvalue weighted by atomic mass is 10.0. The number of methoxy groups -OCH3 is 1. The van der Waals surface area contributed by atoms with E-state index in [9.17, 15) is 8.42 Å². The molecule has 0 amide bonds. The summed E-state index contributed by atoms with van der Waals surface area (Å²) in [6.07, 6.45) is 2.18. The molecule has 1 aliphatic heterocycles. The monoisotopic (exact) mass is 489 g/mol. The van der Waals surface area contributed by atoms with Crippen molar-refractivity contribution in [3.05, 3.63) is 95.6 Å². The van der Waals surface area contributed by atoms with Crippen LogP contribution in [-0.4, -0.2) is 50.4 Å². The average Bonchev–Trinajstić information content (AvgIpc) is 2.90. The molecule has 0 radical (unpaired) electrons. The lowest BCUT2D eigenvalue weighted by molar-refractivity contribution is 0.153. The van der Waals surface area contributed by atoms with Crippen LogP contribution in [-0.2, 0) is 23.0 Å². The molecule has 4 rings (SSSR count). The standard InChI is InChI=1S/C28H31N3O3S/c1-34-27-11-6-12-28(20-27)35(32,33)31(18-13-23-7-3-2-4-8-23)26-14-16-30(17-15-26)22-25-10-5-9-24(19-25)21-29/h2-12,19-20,26H,13-18,22H2,1H3.